The van der Waals surface area contributed by atoms with Crippen LogP contribution in [-0.2, 0) is 17.9 Å². The second kappa shape index (κ2) is 8.85. The van der Waals surface area contributed by atoms with Gasteiger partial charge in [-0.25, -0.2) is 4.39 Å². The lowest BCUT2D eigenvalue weighted by molar-refractivity contribution is -0.121. The van der Waals surface area contributed by atoms with Gasteiger partial charge in [-0.05, 0) is 31.8 Å². The van der Waals surface area contributed by atoms with Gasteiger partial charge in [-0.15, -0.1) is 12.4 Å². The number of halogens is 2. The molecule has 0 atom stereocenters. The summed E-state index contributed by atoms with van der Waals surface area (Å²) in [7, 11) is 3.77. The van der Waals surface area contributed by atoms with Crippen molar-refractivity contribution in [2.45, 2.75) is 19.5 Å². The molecular formula is C13H21ClFN3O. The van der Waals surface area contributed by atoms with Crippen molar-refractivity contribution in [2.75, 3.05) is 20.6 Å². The maximum Gasteiger partial charge on any atom is 0.221 e. The van der Waals surface area contributed by atoms with Crippen LogP contribution in [0, 0.1) is 5.82 Å². The minimum atomic E-state index is -0.222. The molecule has 108 valence electrons. The first-order valence-electron chi connectivity index (χ1n) is 5.91. The number of rotatable bonds is 6. The number of carbonyl (C=O) groups excluding carboxylic acids is 1. The summed E-state index contributed by atoms with van der Waals surface area (Å²) in [6.07, 6.45) is 0.311. The van der Waals surface area contributed by atoms with Crippen molar-refractivity contribution in [3.8, 4) is 0 Å². The third-order valence-corrected chi connectivity index (χ3v) is 2.46. The molecule has 0 aliphatic rings. The molecule has 6 heteroatoms. The number of carbonyl (C=O) groups is 1. The van der Waals surface area contributed by atoms with Gasteiger partial charge in [0, 0.05) is 31.6 Å². The second-order valence-corrected chi connectivity index (χ2v) is 4.48. The first-order valence-corrected chi connectivity index (χ1v) is 5.91. The monoisotopic (exact) mass is 289 g/mol. The van der Waals surface area contributed by atoms with Crippen LogP contribution in [-0.4, -0.2) is 31.4 Å². The summed E-state index contributed by atoms with van der Waals surface area (Å²) in [5.74, 6) is -0.309. The quantitative estimate of drug-likeness (QED) is 0.829. The van der Waals surface area contributed by atoms with Gasteiger partial charge in [-0.1, -0.05) is 6.07 Å². The molecule has 4 nitrogen and oxygen atoms in total. The predicted molar refractivity (Wildman–Crippen MR) is 76.6 cm³/mol. The van der Waals surface area contributed by atoms with Gasteiger partial charge in [0.25, 0.3) is 0 Å². The van der Waals surface area contributed by atoms with Crippen LogP contribution in [0.2, 0.25) is 0 Å². The molecule has 1 amide bonds. The summed E-state index contributed by atoms with van der Waals surface area (Å²) in [6.45, 7) is 1.27. The van der Waals surface area contributed by atoms with E-state index >= 15 is 0 Å². The Morgan fingerprint density at radius 2 is 2.11 bits per heavy atom. The first kappa shape index (κ1) is 17.8. The van der Waals surface area contributed by atoms with E-state index in [1.807, 2.05) is 19.0 Å². The van der Waals surface area contributed by atoms with Crippen LogP contribution in [0.3, 0.4) is 0 Å². The highest BCUT2D eigenvalue weighted by Gasteiger charge is 2.06. The van der Waals surface area contributed by atoms with Crippen molar-refractivity contribution in [2.24, 2.45) is 5.73 Å². The molecule has 0 spiro atoms. The van der Waals surface area contributed by atoms with Gasteiger partial charge in [0.15, 0.2) is 0 Å². The largest absolute Gasteiger partial charge is 0.352 e. The lowest BCUT2D eigenvalue weighted by atomic mass is 10.1. The fourth-order valence-corrected chi connectivity index (χ4v) is 1.62. The smallest absolute Gasteiger partial charge is 0.221 e. The Morgan fingerprint density at radius 1 is 1.42 bits per heavy atom. The molecule has 0 radical (unpaired) electrons. The average molecular weight is 290 g/mol. The normalized spacial score (nSPS) is 10.2. The molecule has 3 N–H and O–H groups in total. The molecule has 0 saturated carbocycles. The molecule has 0 aromatic heterocycles. The Kier molecular flexibility index (Phi) is 8.30. The third kappa shape index (κ3) is 6.52. The highest BCUT2D eigenvalue weighted by Crippen LogP contribution is 2.12. The van der Waals surface area contributed by atoms with Crippen LogP contribution in [0.5, 0.6) is 0 Å². The van der Waals surface area contributed by atoms with Crippen molar-refractivity contribution < 1.29 is 9.18 Å². The molecule has 1 aromatic carbocycles. The second-order valence-electron chi connectivity index (χ2n) is 4.48. The predicted octanol–water partition coefficient (Wildman–Crippen LogP) is 1.27. The molecule has 0 aliphatic heterocycles. The third-order valence-electron chi connectivity index (χ3n) is 2.46. The summed E-state index contributed by atoms with van der Waals surface area (Å²) in [6, 6.07) is 4.89. The van der Waals surface area contributed by atoms with E-state index < -0.39 is 0 Å². The first-order chi connectivity index (χ1) is 8.52. The van der Waals surface area contributed by atoms with Crippen molar-refractivity contribution in [3.05, 3.63) is 35.1 Å². The van der Waals surface area contributed by atoms with Crippen LogP contribution in [0.15, 0.2) is 18.2 Å². The maximum atomic E-state index is 13.5. The van der Waals surface area contributed by atoms with E-state index in [0.717, 1.165) is 5.56 Å². The van der Waals surface area contributed by atoms with Gasteiger partial charge in [-0.3, -0.25) is 4.79 Å². The molecule has 0 fully saturated rings. The van der Waals surface area contributed by atoms with Crippen LogP contribution in [0.4, 0.5) is 4.39 Å². The van der Waals surface area contributed by atoms with E-state index in [-0.39, 0.29) is 24.1 Å². The molecule has 0 bridgehead atoms. The topological polar surface area (TPSA) is 58.4 Å². The zero-order valence-corrected chi connectivity index (χ0v) is 12.1. The van der Waals surface area contributed by atoms with E-state index in [4.69, 9.17) is 5.73 Å². The summed E-state index contributed by atoms with van der Waals surface area (Å²) < 4.78 is 13.5. The highest BCUT2D eigenvalue weighted by molar-refractivity contribution is 5.85. The van der Waals surface area contributed by atoms with E-state index in [1.54, 1.807) is 12.1 Å². The Labute approximate surface area is 119 Å². The average Bonchev–Trinajstić information content (AvgIpc) is 2.30. The number of nitrogens with one attached hydrogen (secondary N) is 1. The van der Waals surface area contributed by atoms with Crippen molar-refractivity contribution in [1.29, 1.82) is 0 Å². The van der Waals surface area contributed by atoms with Crippen molar-refractivity contribution >= 4 is 18.3 Å². The number of amides is 1. The van der Waals surface area contributed by atoms with Gasteiger partial charge in [0.1, 0.15) is 5.82 Å². The fraction of sp³-hybridized carbons (Fsp3) is 0.462. The molecule has 1 aromatic rings. The van der Waals surface area contributed by atoms with E-state index in [2.05, 4.69) is 5.32 Å². The summed E-state index contributed by atoms with van der Waals surface area (Å²) in [4.78, 5) is 13.2. The lowest BCUT2D eigenvalue weighted by Crippen LogP contribution is -2.25. The number of nitrogens with two attached hydrogens (primary N) is 1. The molecule has 0 heterocycles. The Morgan fingerprint density at radius 3 is 2.68 bits per heavy atom. The van der Waals surface area contributed by atoms with E-state index in [9.17, 15) is 9.18 Å². The van der Waals surface area contributed by atoms with Gasteiger partial charge in [0.2, 0.25) is 5.91 Å². The molecule has 19 heavy (non-hydrogen) atoms. The number of benzene rings is 1. The molecule has 1 rings (SSSR count). The summed E-state index contributed by atoms with van der Waals surface area (Å²) >= 11 is 0. The zero-order chi connectivity index (χ0) is 13.5. The molecule has 0 unspecified atom stereocenters. The maximum absolute atomic E-state index is 13.5. The van der Waals surface area contributed by atoms with Gasteiger partial charge >= 0.3 is 0 Å². The number of hydrogen-bond donors (Lipinski definition) is 2. The number of nitrogens with zero attached hydrogens (tertiary/aromatic N) is 1. The number of hydrogen-bond acceptors (Lipinski definition) is 3. The van der Waals surface area contributed by atoms with Crippen LogP contribution >= 0.6 is 12.4 Å². The summed E-state index contributed by atoms with van der Waals surface area (Å²) in [5.41, 5.74) is 6.80. The van der Waals surface area contributed by atoms with Crippen molar-refractivity contribution in [1.82, 2.24) is 10.2 Å². The lowest BCUT2D eigenvalue weighted by Gasteiger charge is -2.12. The SMILES string of the molecule is CN(C)Cc1cc(CNC(=O)CCN)ccc1F.Cl. The van der Waals surface area contributed by atoms with Gasteiger partial charge in [-0.2, -0.15) is 0 Å². The Hall–Kier alpha value is -1.17. The van der Waals surface area contributed by atoms with Crippen LogP contribution in [0.25, 0.3) is 0 Å². The van der Waals surface area contributed by atoms with Crippen LogP contribution in [0.1, 0.15) is 17.5 Å². The fourth-order valence-electron chi connectivity index (χ4n) is 1.62. The minimum Gasteiger partial charge on any atom is -0.352 e. The van der Waals surface area contributed by atoms with E-state index in [1.165, 1.54) is 6.07 Å². The Balaban J connectivity index is 0.00000324. The van der Waals surface area contributed by atoms with Crippen LogP contribution < -0.4 is 11.1 Å². The van der Waals surface area contributed by atoms with Gasteiger partial charge in [0.05, 0.1) is 0 Å². The van der Waals surface area contributed by atoms with Gasteiger partial charge < -0.3 is 16.0 Å². The molecule has 0 saturated heterocycles. The minimum absolute atomic E-state index is 0. The summed E-state index contributed by atoms with van der Waals surface area (Å²) in [5, 5.41) is 2.74. The Bertz CT molecular complexity index is 413. The standard InChI is InChI=1S/C13H20FN3O.ClH/c1-17(2)9-11-7-10(3-4-12(11)14)8-16-13(18)5-6-15;/h3-4,7H,5-6,8-9,15H2,1-2H3,(H,16,18);1H. The van der Waals surface area contributed by atoms with Crippen molar-refractivity contribution in [3.63, 3.8) is 0 Å². The highest BCUT2D eigenvalue weighted by atomic mass is 35.5. The molecule has 0 aliphatic carbocycles. The van der Waals surface area contributed by atoms with E-state index in [0.29, 0.717) is 31.6 Å². The molecular weight excluding hydrogens is 269 g/mol. The zero-order valence-electron chi connectivity index (χ0n) is 11.3.